The highest BCUT2D eigenvalue weighted by atomic mass is 19.1. The molecular formula is C17H16FN5O. The average molecular weight is 325 g/mol. The van der Waals surface area contributed by atoms with Gasteiger partial charge in [0, 0.05) is 6.04 Å². The number of benzene rings is 1. The number of nitrogens with zero attached hydrogens (tertiary/aromatic N) is 4. The number of carbonyl (C=O) groups is 1. The molecule has 0 radical (unpaired) electrons. The Labute approximate surface area is 138 Å². The largest absolute Gasteiger partial charge is 0.310 e. The fourth-order valence-corrected chi connectivity index (χ4v) is 2.26. The van der Waals surface area contributed by atoms with E-state index in [2.05, 4.69) is 20.5 Å². The normalized spacial score (nSPS) is 10.8. The summed E-state index contributed by atoms with van der Waals surface area (Å²) in [5.41, 5.74) is 0.544. The lowest BCUT2D eigenvalue weighted by molar-refractivity contribution is 0.102. The van der Waals surface area contributed by atoms with Crippen molar-refractivity contribution < 1.29 is 9.18 Å². The van der Waals surface area contributed by atoms with Crippen molar-refractivity contribution in [1.82, 2.24) is 19.7 Å². The molecule has 2 heterocycles. The molecule has 0 saturated carbocycles. The number of hydrogen-bond acceptors (Lipinski definition) is 4. The zero-order valence-corrected chi connectivity index (χ0v) is 13.3. The first-order valence-electron chi connectivity index (χ1n) is 7.49. The molecule has 0 unspecified atom stereocenters. The Hall–Kier alpha value is -3.09. The number of pyridine rings is 1. The van der Waals surface area contributed by atoms with Crippen LogP contribution >= 0.6 is 0 Å². The molecule has 122 valence electrons. The Morgan fingerprint density at radius 3 is 2.71 bits per heavy atom. The van der Waals surface area contributed by atoms with Crippen LogP contribution in [0.3, 0.4) is 0 Å². The third-order valence-electron chi connectivity index (χ3n) is 3.47. The summed E-state index contributed by atoms with van der Waals surface area (Å²) >= 11 is 0. The second-order valence-electron chi connectivity index (χ2n) is 5.50. The van der Waals surface area contributed by atoms with Gasteiger partial charge in [0.05, 0.1) is 5.56 Å². The van der Waals surface area contributed by atoms with Crippen molar-refractivity contribution in [2.24, 2.45) is 0 Å². The Bertz CT molecular complexity index is 875. The molecule has 3 rings (SSSR count). The molecule has 1 amide bonds. The molecule has 0 bridgehead atoms. The van der Waals surface area contributed by atoms with E-state index < -0.39 is 11.7 Å². The van der Waals surface area contributed by atoms with Crippen LogP contribution < -0.4 is 5.32 Å². The number of anilines is 1. The first-order valence-corrected chi connectivity index (χ1v) is 7.49. The van der Waals surface area contributed by atoms with E-state index in [1.807, 2.05) is 18.4 Å². The standard InChI is InChI=1S/C17H16FN5O/c1-11(2)23-10-19-22-16(23)14-8-5-9-15(20-14)21-17(24)12-6-3-4-7-13(12)18/h3-11H,1-2H3,(H,20,21,24). The minimum absolute atomic E-state index is 0.0324. The molecule has 0 aliphatic carbocycles. The van der Waals surface area contributed by atoms with Gasteiger partial charge in [0.1, 0.15) is 23.7 Å². The van der Waals surface area contributed by atoms with Gasteiger partial charge in [-0.15, -0.1) is 10.2 Å². The molecule has 6 nitrogen and oxygen atoms in total. The van der Waals surface area contributed by atoms with E-state index in [0.717, 1.165) is 0 Å². The van der Waals surface area contributed by atoms with Gasteiger partial charge in [0.2, 0.25) is 0 Å². The SMILES string of the molecule is CC(C)n1cnnc1-c1cccc(NC(=O)c2ccccc2F)n1. The van der Waals surface area contributed by atoms with Gasteiger partial charge in [-0.3, -0.25) is 4.79 Å². The predicted molar refractivity (Wildman–Crippen MR) is 88.0 cm³/mol. The van der Waals surface area contributed by atoms with Gasteiger partial charge < -0.3 is 9.88 Å². The van der Waals surface area contributed by atoms with Crippen molar-refractivity contribution in [1.29, 1.82) is 0 Å². The summed E-state index contributed by atoms with van der Waals surface area (Å²) in [5, 5.41) is 10.6. The van der Waals surface area contributed by atoms with Crippen molar-refractivity contribution >= 4 is 11.7 Å². The van der Waals surface area contributed by atoms with Crippen LogP contribution in [0.2, 0.25) is 0 Å². The number of nitrogens with one attached hydrogen (secondary N) is 1. The van der Waals surface area contributed by atoms with Crippen LogP contribution in [0.5, 0.6) is 0 Å². The van der Waals surface area contributed by atoms with E-state index in [1.54, 1.807) is 30.6 Å². The van der Waals surface area contributed by atoms with Crippen molar-refractivity contribution in [3.8, 4) is 11.5 Å². The quantitative estimate of drug-likeness (QED) is 0.799. The number of hydrogen-bond donors (Lipinski definition) is 1. The average Bonchev–Trinajstić information content (AvgIpc) is 3.05. The lowest BCUT2D eigenvalue weighted by Crippen LogP contribution is -2.15. The summed E-state index contributed by atoms with van der Waals surface area (Å²) < 4.78 is 15.6. The Balaban J connectivity index is 1.87. The highest BCUT2D eigenvalue weighted by molar-refractivity contribution is 6.04. The fraction of sp³-hybridized carbons (Fsp3) is 0.176. The van der Waals surface area contributed by atoms with Gasteiger partial charge in [-0.25, -0.2) is 9.37 Å². The molecule has 0 atom stereocenters. The van der Waals surface area contributed by atoms with Crippen LogP contribution in [0.15, 0.2) is 48.8 Å². The molecule has 7 heteroatoms. The molecule has 24 heavy (non-hydrogen) atoms. The first-order chi connectivity index (χ1) is 11.6. The second-order valence-corrected chi connectivity index (χ2v) is 5.50. The Morgan fingerprint density at radius 2 is 1.96 bits per heavy atom. The summed E-state index contributed by atoms with van der Waals surface area (Å²) in [6, 6.07) is 11.1. The molecule has 0 aliphatic rings. The second kappa shape index (κ2) is 6.57. The number of carbonyl (C=O) groups excluding carboxylic acids is 1. The summed E-state index contributed by atoms with van der Waals surface area (Å²) in [4.78, 5) is 16.6. The topological polar surface area (TPSA) is 72.7 Å². The van der Waals surface area contributed by atoms with Crippen LogP contribution in [0.1, 0.15) is 30.2 Å². The first kappa shape index (κ1) is 15.8. The molecule has 0 spiro atoms. The zero-order chi connectivity index (χ0) is 17.1. The lowest BCUT2D eigenvalue weighted by atomic mass is 10.2. The van der Waals surface area contributed by atoms with Gasteiger partial charge in [-0.05, 0) is 38.1 Å². The van der Waals surface area contributed by atoms with Crippen molar-refractivity contribution in [2.45, 2.75) is 19.9 Å². The summed E-state index contributed by atoms with van der Waals surface area (Å²) in [5.74, 6) is -0.208. The van der Waals surface area contributed by atoms with E-state index in [-0.39, 0.29) is 11.6 Å². The van der Waals surface area contributed by atoms with Crippen LogP contribution in [-0.4, -0.2) is 25.7 Å². The number of aromatic nitrogens is 4. The molecule has 2 aromatic heterocycles. The predicted octanol–water partition coefficient (Wildman–Crippen LogP) is 3.31. The van der Waals surface area contributed by atoms with Gasteiger partial charge in [-0.1, -0.05) is 18.2 Å². The van der Waals surface area contributed by atoms with E-state index in [9.17, 15) is 9.18 Å². The summed E-state index contributed by atoms with van der Waals surface area (Å²) in [7, 11) is 0. The maximum Gasteiger partial charge on any atom is 0.259 e. The third kappa shape index (κ3) is 3.15. The molecule has 0 fully saturated rings. The monoisotopic (exact) mass is 325 g/mol. The lowest BCUT2D eigenvalue weighted by Gasteiger charge is -2.10. The van der Waals surface area contributed by atoms with E-state index in [1.165, 1.54) is 18.2 Å². The van der Waals surface area contributed by atoms with Crippen LogP contribution in [0.4, 0.5) is 10.2 Å². The van der Waals surface area contributed by atoms with E-state index in [4.69, 9.17) is 0 Å². The van der Waals surface area contributed by atoms with Gasteiger partial charge >= 0.3 is 0 Å². The van der Waals surface area contributed by atoms with Crippen molar-refractivity contribution in [3.63, 3.8) is 0 Å². The van der Waals surface area contributed by atoms with Gasteiger partial charge in [0.15, 0.2) is 5.82 Å². The molecule has 0 aliphatic heterocycles. The molecule has 1 N–H and O–H groups in total. The third-order valence-corrected chi connectivity index (χ3v) is 3.47. The molecular weight excluding hydrogens is 309 g/mol. The van der Waals surface area contributed by atoms with E-state index in [0.29, 0.717) is 17.3 Å². The van der Waals surface area contributed by atoms with Crippen molar-refractivity contribution in [3.05, 3.63) is 60.2 Å². The fourth-order valence-electron chi connectivity index (χ4n) is 2.26. The summed E-state index contributed by atoms with van der Waals surface area (Å²) in [6.45, 7) is 4.02. The minimum Gasteiger partial charge on any atom is -0.310 e. The highest BCUT2D eigenvalue weighted by Gasteiger charge is 2.14. The van der Waals surface area contributed by atoms with Crippen LogP contribution in [0, 0.1) is 5.82 Å². The number of amides is 1. The molecule has 3 aromatic rings. The number of halogens is 1. The highest BCUT2D eigenvalue weighted by Crippen LogP contribution is 2.20. The Morgan fingerprint density at radius 1 is 1.17 bits per heavy atom. The van der Waals surface area contributed by atoms with Gasteiger partial charge in [-0.2, -0.15) is 0 Å². The van der Waals surface area contributed by atoms with Gasteiger partial charge in [0.25, 0.3) is 5.91 Å². The van der Waals surface area contributed by atoms with Crippen molar-refractivity contribution in [2.75, 3.05) is 5.32 Å². The summed E-state index contributed by atoms with van der Waals surface area (Å²) in [6.07, 6.45) is 1.63. The molecule has 0 saturated heterocycles. The van der Waals surface area contributed by atoms with E-state index >= 15 is 0 Å². The smallest absolute Gasteiger partial charge is 0.259 e. The maximum absolute atomic E-state index is 13.7. The van der Waals surface area contributed by atoms with Crippen LogP contribution in [-0.2, 0) is 0 Å². The van der Waals surface area contributed by atoms with Crippen LogP contribution in [0.25, 0.3) is 11.5 Å². The number of rotatable bonds is 4. The molecule has 1 aromatic carbocycles. The minimum atomic E-state index is -0.578. The maximum atomic E-state index is 13.7. The Kier molecular flexibility index (Phi) is 4.33. The zero-order valence-electron chi connectivity index (χ0n) is 13.3.